The van der Waals surface area contributed by atoms with Crippen molar-refractivity contribution in [1.82, 2.24) is 4.90 Å². The molecule has 0 radical (unpaired) electrons. The lowest BCUT2D eigenvalue weighted by Crippen LogP contribution is -2.36. The normalized spacial score (nSPS) is 11.9. The Labute approximate surface area is 108 Å². The van der Waals surface area contributed by atoms with Crippen LogP contribution in [0.4, 0.5) is 0 Å². The molecule has 0 saturated heterocycles. The van der Waals surface area contributed by atoms with E-state index in [9.17, 15) is 4.79 Å². The first-order chi connectivity index (χ1) is 8.13. The molecule has 0 aliphatic heterocycles. The Hall–Kier alpha value is -0.410. The van der Waals surface area contributed by atoms with Gasteiger partial charge < -0.3 is 5.73 Å². The Bertz CT molecular complexity index is 172. The van der Waals surface area contributed by atoms with Gasteiger partial charge in [-0.3, -0.25) is 9.69 Å². The molecule has 0 saturated carbocycles. The fraction of sp³-hybridized carbons (Fsp3) is 0.929. The van der Waals surface area contributed by atoms with E-state index in [0.29, 0.717) is 12.2 Å². The van der Waals surface area contributed by atoms with Crippen LogP contribution in [-0.4, -0.2) is 36.9 Å². The molecule has 0 aliphatic carbocycles. The Balaban J connectivity index is 0. The van der Waals surface area contributed by atoms with E-state index in [2.05, 4.69) is 4.90 Å². The van der Waals surface area contributed by atoms with Gasteiger partial charge in [-0.05, 0) is 39.9 Å². The third kappa shape index (κ3) is 10.5. The van der Waals surface area contributed by atoms with Gasteiger partial charge in [0.25, 0.3) is 0 Å². The summed E-state index contributed by atoms with van der Waals surface area (Å²) in [4.78, 5) is 13.6. The number of carbonyl (C=O) groups excluding carboxylic acids is 1. The van der Waals surface area contributed by atoms with Crippen LogP contribution < -0.4 is 5.73 Å². The number of Topliss-reactive ketones (excluding diaryl/α,β-unsaturated/α-hetero) is 1. The third-order valence-electron chi connectivity index (χ3n) is 2.94. The third-order valence-corrected chi connectivity index (χ3v) is 2.94. The van der Waals surface area contributed by atoms with Gasteiger partial charge in [0.15, 0.2) is 0 Å². The van der Waals surface area contributed by atoms with Crippen LogP contribution in [0.25, 0.3) is 0 Å². The minimum atomic E-state index is 0.0736. The van der Waals surface area contributed by atoms with Crippen molar-refractivity contribution < 1.29 is 4.79 Å². The summed E-state index contributed by atoms with van der Waals surface area (Å²) in [5, 5.41) is 0. The highest BCUT2D eigenvalue weighted by Crippen LogP contribution is 2.04. The average Bonchev–Trinajstić information content (AvgIpc) is 2.38. The molecule has 0 amide bonds. The molecule has 0 fully saturated rings. The minimum absolute atomic E-state index is 0.0736. The van der Waals surface area contributed by atoms with Crippen LogP contribution in [-0.2, 0) is 4.79 Å². The maximum absolute atomic E-state index is 11.4. The van der Waals surface area contributed by atoms with E-state index in [1.165, 1.54) is 12.8 Å². The molecule has 0 spiro atoms. The zero-order valence-electron chi connectivity index (χ0n) is 12.5. The number of likely N-dealkylation sites (N-methyl/N-ethyl adjacent to an activating group) is 1. The van der Waals surface area contributed by atoms with Gasteiger partial charge in [0.2, 0.25) is 0 Å². The maximum Gasteiger partial charge on any atom is 0.149 e. The summed E-state index contributed by atoms with van der Waals surface area (Å²) in [5.41, 5.74) is 5.42. The Morgan fingerprint density at radius 1 is 1.18 bits per heavy atom. The molecule has 0 bridgehead atoms. The first-order valence-corrected chi connectivity index (χ1v) is 7.06. The predicted molar refractivity (Wildman–Crippen MR) is 76.3 cm³/mol. The molecule has 0 heterocycles. The second-order valence-electron chi connectivity index (χ2n) is 4.18. The van der Waals surface area contributed by atoms with E-state index in [1.807, 2.05) is 34.7 Å². The second kappa shape index (κ2) is 13.7. The first kappa shape index (κ1) is 18.9. The molecule has 0 rings (SSSR count). The van der Waals surface area contributed by atoms with E-state index < -0.39 is 0 Å². The summed E-state index contributed by atoms with van der Waals surface area (Å²) in [6, 6.07) is 0.0736. The minimum Gasteiger partial charge on any atom is -0.330 e. The van der Waals surface area contributed by atoms with E-state index in [0.717, 1.165) is 25.9 Å². The SMILES string of the molecule is CC.CCC(=O)C(C)N(C)CCCCCCN. The summed E-state index contributed by atoms with van der Waals surface area (Å²) in [5.74, 6) is 0.333. The van der Waals surface area contributed by atoms with Crippen LogP contribution in [0.3, 0.4) is 0 Å². The second-order valence-corrected chi connectivity index (χ2v) is 4.18. The molecule has 1 atom stereocenters. The van der Waals surface area contributed by atoms with Crippen molar-refractivity contribution in [2.45, 2.75) is 65.8 Å². The number of ketones is 1. The van der Waals surface area contributed by atoms with Crippen LogP contribution in [0.5, 0.6) is 0 Å². The monoisotopic (exact) mass is 244 g/mol. The number of carbonyl (C=O) groups is 1. The lowest BCUT2D eigenvalue weighted by atomic mass is 10.1. The quantitative estimate of drug-likeness (QED) is 0.634. The van der Waals surface area contributed by atoms with E-state index >= 15 is 0 Å². The zero-order chi connectivity index (χ0) is 13.7. The van der Waals surface area contributed by atoms with Crippen LogP contribution in [0, 0.1) is 0 Å². The number of nitrogens with two attached hydrogens (primary N) is 1. The topological polar surface area (TPSA) is 46.3 Å². The summed E-state index contributed by atoms with van der Waals surface area (Å²) >= 11 is 0. The van der Waals surface area contributed by atoms with Crippen molar-refractivity contribution >= 4 is 5.78 Å². The van der Waals surface area contributed by atoms with Crippen LogP contribution >= 0.6 is 0 Å². The molecule has 3 heteroatoms. The Kier molecular flexibility index (Phi) is 15.2. The highest BCUT2D eigenvalue weighted by molar-refractivity contribution is 5.83. The van der Waals surface area contributed by atoms with Crippen molar-refractivity contribution in [3.63, 3.8) is 0 Å². The maximum atomic E-state index is 11.4. The number of hydrogen-bond donors (Lipinski definition) is 1. The standard InChI is InChI=1S/C12H26N2O.C2H6/c1-4-12(15)11(2)14(3)10-8-6-5-7-9-13;1-2/h11H,4-10,13H2,1-3H3;1-2H3. The lowest BCUT2D eigenvalue weighted by molar-refractivity contribution is -0.123. The van der Waals surface area contributed by atoms with Crippen molar-refractivity contribution in [3.05, 3.63) is 0 Å². The highest BCUT2D eigenvalue weighted by atomic mass is 16.1. The van der Waals surface area contributed by atoms with Crippen molar-refractivity contribution in [3.8, 4) is 0 Å². The van der Waals surface area contributed by atoms with Gasteiger partial charge in [-0.25, -0.2) is 0 Å². The van der Waals surface area contributed by atoms with Gasteiger partial charge in [-0.1, -0.05) is 33.6 Å². The van der Waals surface area contributed by atoms with Gasteiger partial charge in [-0.2, -0.15) is 0 Å². The number of rotatable bonds is 9. The Morgan fingerprint density at radius 3 is 2.18 bits per heavy atom. The molecule has 0 aromatic carbocycles. The first-order valence-electron chi connectivity index (χ1n) is 7.06. The van der Waals surface area contributed by atoms with Gasteiger partial charge >= 0.3 is 0 Å². The van der Waals surface area contributed by atoms with E-state index in [1.54, 1.807) is 0 Å². The summed E-state index contributed by atoms with van der Waals surface area (Å²) in [6.07, 6.45) is 5.35. The van der Waals surface area contributed by atoms with Crippen molar-refractivity contribution in [2.24, 2.45) is 5.73 Å². The molecule has 17 heavy (non-hydrogen) atoms. The van der Waals surface area contributed by atoms with E-state index in [-0.39, 0.29) is 6.04 Å². The van der Waals surface area contributed by atoms with Gasteiger partial charge in [0, 0.05) is 6.42 Å². The highest BCUT2D eigenvalue weighted by Gasteiger charge is 2.14. The molecule has 1 unspecified atom stereocenters. The molecule has 0 aromatic rings. The molecule has 0 aromatic heterocycles. The lowest BCUT2D eigenvalue weighted by Gasteiger charge is -2.22. The van der Waals surface area contributed by atoms with E-state index in [4.69, 9.17) is 5.73 Å². The summed E-state index contributed by atoms with van der Waals surface area (Å²) in [6.45, 7) is 9.72. The fourth-order valence-corrected chi connectivity index (χ4v) is 1.59. The van der Waals surface area contributed by atoms with Gasteiger partial charge in [-0.15, -0.1) is 0 Å². The summed E-state index contributed by atoms with van der Waals surface area (Å²) < 4.78 is 0. The van der Waals surface area contributed by atoms with Gasteiger partial charge in [0.1, 0.15) is 5.78 Å². The molecular formula is C14H32N2O. The van der Waals surface area contributed by atoms with Crippen molar-refractivity contribution in [2.75, 3.05) is 20.1 Å². The largest absolute Gasteiger partial charge is 0.330 e. The molecular weight excluding hydrogens is 212 g/mol. The molecule has 104 valence electrons. The zero-order valence-corrected chi connectivity index (χ0v) is 12.5. The molecule has 0 aliphatic rings. The van der Waals surface area contributed by atoms with Crippen molar-refractivity contribution in [1.29, 1.82) is 0 Å². The Morgan fingerprint density at radius 2 is 1.71 bits per heavy atom. The number of unbranched alkanes of at least 4 members (excludes halogenated alkanes) is 3. The number of hydrogen-bond acceptors (Lipinski definition) is 3. The molecule has 3 nitrogen and oxygen atoms in total. The fourth-order valence-electron chi connectivity index (χ4n) is 1.59. The molecule has 2 N–H and O–H groups in total. The average molecular weight is 244 g/mol. The number of nitrogens with zero attached hydrogens (tertiary/aromatic N) is 1. The smallest absolute Gasteiger partial charge is 0.149 e. The van der Waals surface area contributed by atoms with Crippen LogP contribution in [0.1, 0.15) is 59.8 Å². The summed E-state index contributed by atoms with van der Waals surface area (Å²) in [7, 11) is 2.03. The van der Waals surface area contributed by atoms with Gasteiger partial charge in [0.05, 0.1) is 6.04 Å². The van der Waals surface area contributed by atoms with Crippen LogP contribution in [0.15, 0.2) is 0 Å². The van der Waals surface area contributed by atoms with Crippen LogP contribution in [0.2, 0.25) is 0 Å². The predicted octanol–water partition coefficient (Wildman–Crippen LogP) is 2.83.